The van der Waals surface area contributed by atoms with Gasteiger partial charge in [-0.05, 0) is 32.1 Å². The highest BCUT2D eigenvalue weighted by atomic mass is 16.2. The molecule has 2 rings (SSSR count). The van der Waals surface area contributed by atoms with Gasteiger partial charge in [-0.25, -0.2) is 4.98 Å². The highest BCUT2D eigenvalue weighted by Crippen LogP contribution is 2.29. The maximum absolute atomic E-state index is 13.3. The van der Waals surface area contributed by atoms with Crippen LogP contribution in [-0.4, -0.2) is 57.3 Å². The Morgan fingerprint density at radius 2 is 1.93 bits per heavy atom. The number of carbonyl (C=O) groups is 3. The van der Waals surface area contributed by atoms with Crippen LogP contribution in [0.5, 0.6) is 0 Å². The number of nitrogens with one attached hydrogen (secondary N) is 2. The summed E-state index contributed by atoms with van der Waals surface area (Å²) in [4.78, 5) is 44.7. The molecule has 0 aromatic carbocycles. The molecule has 1 aromatic rings. The highest BCUT2D eigenvalue weighted by molar-refractivity contribution is 6.07. The standard InChI is InChI=1S/C21H35N5O3/c1-6-8-10-22-18(27)16-17-19(28)26(12-7-2)21(5,13-25(17)14-24-16)20(29)23-11-9-15(3)4/h14-15H,6-13H2,1-5H3,(H,22,27)(H,23,29)/t21-/m1/s1. The van der Waals surface area contributed by atoms with Crippen molar-refractivity contribution in [3.05, 3.63) is 17.7 Å². The predicted molar refractivity (Wildman–Crippen MR) is 112 cm³/mol. The topological polar surface area (TPSA) is 96.3 Å². The fraction of sp³-hybridized carbons (Fsp3) is 0.714. The first-order chi connectivity index (χ1) is 13.8. The molecule has 2 heterocycles. The molecular formula is C21H35N5O3. The van der Waals surface area contributed by atoms with E-state index in [-0.39, 0.29) is 35.7 Å². The van der Waals surface area contributed by atoms with Crippen LogP contribution in [0.1, 0.15) is 81.3 Å². The summed E-state index contributed by atoms with van der Waals surface area (Å²) in [5.41, 5.74) is -0.623. The Labute approximate surface area is 173 Å². The smallest absolute Gasteiger partial charge is 0.273 e. The predicted octanol–water partition coefficient (Wildman–Crippen LogP) is 2.20. The summed E-state index contributed by atoms with van der Waals surface area (Å²) in [7, 11) is 0. The van der Waals surface area contributed by atoms with Crippen LogP contribution < -0.4 is 10.6 Å². The fourth-order valence-corrected chi connectivity index (χ4v) is 3.56. The van der Waals surface area contributed by atoms with Crippen LogP contribution in [0, 0.1) is 5.92 Å². The number of hydrogen-bond donors (Lipinski definition) is 2. The maximum Gasteiger partial charge on any atom is 0.273 e. The Balaban J connectivity index is 2.28. The van der Waals surface area contributed by atoms with Gasteiger partial charge in [0.2, 0.25) is 5.91 Å². The molecule has 0 unspecified atom stereocenters. The average molecular weight is 406 g/mol. The van der Waals surface area contributed by atoms with E-state index in [1.54, 1.807) is 16.4 Å². The Kier molecular flexibility index (Phi) is 7.81. The molecule has 0 saturated carbocycles. The van der Waals surface area contributed by atoms with Crippen molar-refractivity contribution in [1.29, 1.82) is 0 Å². The number of nitrogens with zero attached hydrogens (tertiary/aromatic N) is 3. The SMILES string of the molecule is CCCCNC(=O)c1ncn2c1C(=O)N(CCC)[C@@](C)(C(=O)NCCC(C)C)C2. The van der Waals surface area contributed by atoms with E-state index >= 15 is 0 Å². The molecule has 8 nitrogen and oxygen atoms in total. The van der Waals surface area contributed by atoms with Crippen molar-refractivity contribution in [1.82, 2.24) is 25.1 Å². The molecular weight excluding hydrogens is 370 g/mol. The number of aromatic nitrogens is 2. The lowest BCUT2D eigenvalue weighted by Gasteiger charge is -2.43. The third kappa shape index (κ3) is 4.97. The van der Waals surface area contributed by atoms with Gasteiger partial charge in [-0.15, -0.1) is 0 Å². The molecule has 162 valence electrons. The second kappa shape index (κ2) is 9.89. The van der Waals surface area contributed by atoms with E-state index in [4.69, 9.17) is 0 Å². The lowest BCUT2D eigenvalue weighted by Crippen LogP contribution is -2.64. The molecule has 0 aliphatic carbocycles. The van der Waals surface area contributed by atoms with Gasteiger partial charge >= 0.3 is 0 Å². The molecule has 0 saturated heterocycles. The van der Waals surface area contributed by atoms with E-state index in [0.29, 0.717) is 32.0 Å². The summed E-state index contributed by atoms with van der Waals surface area (Å²) >= 11 is 0. The lowest BCUT2D eigenvalue weighted by molar-refractivity contribution is -0.132. The molecule has 0 radical (unpaired) electrons. The van der Waals surface area contributed by atoms with Crippen molar-refractivity contribution < 1.29 is 14.4 Å². The largest absolute Gasteiger partial charge is 0.354 e. The average Bonchev–Trinajstić information content (AvgIpc) is 3.08. The zero-order chi connectivity index (χ0) is 21.6. The second-order valence-corrected chi connectivity index (χ2v) is 8.35. The van der Waals surface area contributed by atoms with Gasteiger partial charge < -0.3 is 20.1 Å². The number of rotatable bonds is 10. The van der Waals surface area contributed by atoms with E-state index in [1.807, 2.05) is 13.8 Å². The number of imidazole rings is 1. The molecule has 29 heavy (non-hydrogen) atoms. The quantitative estimate of drug-likeness (QED) is 0.583. The van der Waals surface area contributed by atoms with Crippen LogP contribution in [0.4, 0.5) is 0 Å². The molecule has 0 fully saturated rings. The van der Waals surface area contributed by atoms with Gasteiger partial charge in [0.15, 0.2) is 5.69 Å². The van der Waals surface area contributed by atoms with Gasteiger partial charge in [-0.1, -0.05) is 34.1 Å². The van der Waals surface area contributed by atoms with Gasteiger partial charge in [0.25, 0.3) is 11.8 Å². The normalized spacial score (nSPS) is 18.7. The number of carbonyl (C=O) groups excluding carboxylic acids is 3. The molecule has 0 spiro atoms. The molecule has 1 aromatic heterocycles. The summed E-state index contributed by atoms with van der Waals surface area (Å²) in [5.74, 6) is -0.357. The van der Waals surface area contributed by atoms with Gasteiger partial charge in [-0.2, -0.15) is 0 Å². The van der Waals surface area contributed by atoms with Gasteiger partial charge in [0.1, 0.15) is 11.2 Å². The Bertz CT molecular complexity index is 743. The monoisotopic (exact) mass is 405 g/mol. The zero-order valence-corrected chi connectivity index (χ0v) is 18.4. The summed E-state index contributed by atoms with van der Waals surface area (Å²) in [6.07, 6.45) is 4.92. The van der Waals surface area contributed by atoms with E-state index in [9.17, 15) is 14.4 Å². The molecule has 8 heteroatoms. The van der Waals surface area contributed by atoms with Gasteiger partial charge in [0.05, 0.1) is 12.9 Å². The summed E-state index contributed by atoms with van der Waals surface area (Å²) in [5, 5.41) is 5.80. The Morgan fingerprint density at radius 1 is 1.21 bits per heavy atom. The molecule has 1 aliphatic rings. The van der Waals surface area contributed by atoms with E-state index < -0.39 is 5.54 Å². The molecule has 0 bridgehead atoms. The van der Waals surface area contributed by atoms with Crippen LogP contribution >= 0.6 is 0 Å². The number of unbranched alkanes of at least 4 members (excludes halogenated alkanes) is 1. The third-order valence-corrected chi connectivity index (χ3v) is 5.33. The van der Waals surface area contributed by atoms with E-state index in [1.165, 1.54) is 6.33 Å². The minimum Gasteiger partial charge on any atom is -0.354 e. The van der Waals surface area contributed by atoms with E-state index in [0.717, 1.165) is 19.3 Å². The third-order valence-electron chi connectivity index (χ3n) is 5.33. The van der Waals surface area contributed by atoms with E-state index in [2.05, 4.69) is 29.5 Å². The lowest BCUT2D eigenvalue weighted by atomic mass is 9.93. The van der Waals surface area contributed by atoms with Crippen molar-refractivity contribution >= 4 is 17.7 Å². The van der Waals surface area contributed by atoms with Crippen LogP contribution in [0.2, 0.25) is 0 Å². The summed E-state index contributed by atoms with van der Waals surface area (Å²) < 4.78 is 1.64. The Hall–Kier alpha value is -2.38. The van der Waals surface area contributed by atoms with Crippen molar-refractivity contribution in [2.45, 2.75) is 72.4 Å². The van der Waals surface area contributed by atoms with Crippen LogP contribution in [-0.2, 0) is 11.3 Å². The highest BCUT2D eigenvalue weighted by Gasteiger charge is 2.48. The van der Waals surface area contributed by atoms with Crippen molar-refractivity contribution in [3.8, 4) is 0 Å². The maximum atomic E-state index is 13.3. The Morgan fingerprint density at radius 3 is 2.55 bits per heavy atom. The molecule has 3 amide bonds. The molecule has 2 N–H and O–H groups in total. The number of amides is 3. The van der Waals surface area contributed by atoms with Gasteiger partial charge in [0, 0.05) is 19.6 Å². The second-order valence-electron chi connectivity index (χ2n) is 8.35. The summed E-state index contributed by atoms with van der Waals surface area (Å²) in [6.45, 7) is 11.8. The molecule has 1 aliphatic heterocycles. The van der Waals surface area contributed by atoms with Crippen LogP contribution in [0.15, 0.2) is 6.33 Å². The first kappa shape index (κ1) is 22.9. The first-order valence-corrected chi connectivity index (χ1v) is 10.7. The zero-order valence-electron chi connectivity index (χ0n) is 18.4. The minimum atomic E-state index is -1.02. The van der Waals surface area contributed by atoms with Crippen molar-refractivity contribution in [2.24, 2.45) is 5.92 Å². The van der Waals surface area contributed by atoms with Crippen molar-refractivity contribution in [3.63, 3.8) is 0 Å². The van der Waals surface area contributed by atoms with Crippen LogP contribution in [0.3, 0.4) is 0 Å². The number of hydrogen-bond acceptors (Lipinski definition) is 4. The fourth-order valence-electron chi connectivity index (χ4n) is 3.56. The van der Waals surface area contributed by atoms with Crippen LogP contribution in [0.25, 0.3) is 0 Å². The van der Waals surface area contributed by atoms with Gasteiger partial charge in [-0.3, -0.25) is 14.4 Å². The first-order valence-electron chi connectivity index (χ1n) is 10.7. The minimum absolute atomic E-state index is 0.134. The summed E-state index contributed by atoms with van der Waals surface area (Å²) in [6, 6.07) is 0. The molecule has 1 atom stereocenters. The van der Waals surface area contributed by atoms with Crippen molar-refractivity contribution in [2.75, 3.05) is 19.6 Å². The number of fused-ring (bicyclic) bond motifs is 1.